The number of esters is 2. The summed E-state index contributed by atoms with van der Waals surface area (Å²) in [6.07, 6.45) is 43.9. The number of ether oxygens (including phenoxy) is 2. The summed E-state index contributed by atoms with van der Waals surface area (Å²) in [5.41, 5.74) is 0. The third kappa shape index (κ3) is 42.1. The Morgan fingerprint density at radius 1 is 0.526 bits per heavy atom. The minimum absolute atomic E-state index is 0.178. The van der Waals surface area contributed by atoms with Crippen LogP contribution in [0.2, 0.25) is 0 Å². The Morgan fingerprint density at radius 2 is 0.912 bits per heavy atom. The van der Waals surface area contributed by atoms with E-state index in [9.17, 15) is 24.2 Å². The van der Waals surface area contributed by atoms with E-state index in [2.05, 4.69) is 50.3 Å². The Labute approximate surface area is 348 Å². The second-order valence-electron chi connectivity index (χ2n) is 15.4. The van der Waals surface area contributed by atoms with Crippen molar-refractivity contribution in [1.29, 1.82) is 0 Å². The Hall–Kier alpha value is -1.81. The van der Waals surface area contributed by atoms with Crippen LogP contribution in [0.5, 0.6) is 0 Å². The Bertz CT molecular complexity index is 1050. The number of hydrogen-bond acceptors (Lipinski definition) is 9. The minimum atomic E-state index is -4.62. The molecule has 11 heteroatoms. The monoisotopic (exact) mass is 829 g/mol. The van der Waals surface area contributed by atoms with Crippen LogP contribution in [-0.4, -0.2) is 65.7 Å². The van der Waals surface area contributed by atoms with Crippen LogP contribution in [0.25, 0.3) is 0 Å². The molecule has 0 saturated heterocycles. The van der Waals surface area contributed by atoms with Gasteiger partial charge in [-0.05, 0) is 70.6 Å². The first kappa shape index (κ1) is 55.2. The molecule has 0 fully saturated rings. The highest BCUT2D eigenvalue weighted by molar-refractivity contribution is 7.47. The topological polar surface area (TPSA) is 149 Å². The molecule has 3 N–H and O–H groups in total. The van der Waals surface area contributed by atoms with Crippen LogP contribution >= 0.6 is 7.82 Å². The zero-order valence-corrected chi connectivity index (χ0v) is 37.2. The predicted octanol–water partition coefficient (Wildman–Crippen LogP) is 12.3. The molecule has 10 nitrogen and oxygen atoms in total. The van der Waals surface area contributed by atoms with Crippen LogP contribution in [0.1, 0.15) is 206 Å². The van der Waals surface area contributed by atoms with Gasteiger partial charge in [0.05, 0.1) is 19.8 Å². The average Bonchev–Trinajstić information content (AvgIpc) is 3.20. The maximum Gasteiger partial charge on any atom is 0.472 e. The SMILES string of the molecule is CCCCC/C=C\C/C=C\CCCCCCCCCC(=O)OC[C@H](COP(=O)(O)OC[C@@H](O)CO)OC(=O)CCCCCCCCC/C=C\CCCCCCCC. The summed E-state index contributed by atoms with van der Waals surface area (Å²) in [5.74, 6) is -0.935. The van der Waals surface area contributed by atoms with Crippen molar-refractivity contribution in [1.82, 2.24) is 0 Å². The van der Waals surface area contributed by atoms with Crippen molar-refractivity contribution in [3.05, 3.63) is 36.5 Å². The molecule has 0 aromatic carbocycles. The number of hydrogen-bond donors (Lipinski definition) is 3. The fourth-order valence-corrected chi connectivity index (χ4v) is 6.98. The van der Waals surface area contributed by atoms with Crippen molar-refractivity contribution < 1.29 is 47.8 Å². The van der Waals surface area contributed by atoms with Crippen LogP contribution in [0.4, 0.5) is 0 Å². The number of carbonyl (C=O) groups excluding carboxylic acids is 2. The van der Waals surface area contributed by atoms with Crippen LogP contribution in [0.3, 0.4) is 0 Å². The molecule has 0 heterocycles. The number of aliphatic hydroxyl groups is 2. The Balaban J connectivity index is 4.27. The van der Waals surface area contributed by atoms with E-state index in [1.807, 2.05) is 0 Å². The smallest absolute Gasteiger partial charge is 0.462 e. The molecule has 0 aliphatic carbocycles. The van der Waals surface area contributed by atoms with Crippen LogP contribution in [0, 0.1) is 0 Å². The summed E-state index contributed by atoms with van der Waals surface area (Å²) in [4.78, 5) is 35.0. The van der Waals surface area contributed by atoms with Gasteiger partial charge < -0.3 is 24.6 Å². The van der Waals surface area contributed by atoms with E-state index in [1.165, 1.54) is 109 Å². The summed E-state index contributed by atoms with van der Waals surface area (Å²) in [6.45, 7) is 2.35. The molecule has 0 aliphatic heterocycles. The lowest BCUT2D eigenvalue weighted by atomic mass is 10.1. The fourth-order valence-electron chi connectivity index (χ4n) is 6.19. The highest BCUT2D eigenvalue weighted by Crippen LogP contribution is 2.43. The average molecular weight is 829 g/mol. The zero-order chi connectivity index (χ0) is 41.9. The summed E-state index contributed by atoms with van der Waals surface area (Å²) in [6, 6.07) is 0. The van der Waals surface area contributed by atoms with E-state index < -0.39 is 51.8 Å². The molecule has 3 atom stereocenters. The van der Waals surface area contributed by atoms with Gasteiger partial charge in [-0.3, -0.25) is 18.6 Å². The maximum absolute atomic E-state index is 12.6. The van der Waals surface area contributed by atoms with Gasteiger partial charge in [-0.25, -0.2) is 4.57 Å². The largest absolute Gasteiger partial charge is 0.472 e. The molecular formula is C46H85O10P. The summed E-state index contributed by atoms with van der Waals surface area (Å²) >= 11 is 0. The highest BCUT2D eigenvalue weighted by Gasteiger charge is 2.27. The molecule has 0 amide bonds. The van der Waals surface area contributed by atoms with Gasteiger partial charge in [0.25, 0.3) is 0 Å². The molecule has 0 bridgehead atoms. The van der Waals surface area contributed by atoms with Gasteiger partial charge in [-0.15, -0.1) is 0 Å². The van der Waals surface area contributed by atoms with Crippen LogP contribution in [-0.2, 0) is 32.7 Å². The first-order valence-electron chi connectivity index (χ1n) is 22.9. The quantitative estimate of drug-likeness (QED) is 0.0235. The number of aliphatic hydroxyl groups excluding tert-OH is 2. The molecule has 0 saturated carbocycles. The van der Waals surface area contributed by atoms with Crippen molar-refractivity contribution in [3.8, 4) is 0 Å². The first-order chi connectivity index (χ1) is 27.7. The molecule has 0 aromatic heterocycles. The van der Waals surface area contributed by atoms with Crippen molar-refractivity contribution in [2.24, 2.45) is 0 Å². The maximum atomic E-state index is 12.6. The normalized spacial score (nSPS) is 14.1. The van der Waals surface area contributed by atoms with E-state index in [0.717, 1.165) is 57.8 Å². The summed E-state index contributed by atoms with van der Waals surface area (Å²) in [5, 5.41) is 18.3. The standard InChI is InChI=1S/C46H85O10P/c1-3-5-7-9-11-13-15-17-19-21-23-25-27-29-31-33-35-37-45(49)53-41-44(42-55-57(51,52)54-40-43(48)39-47)56-46(50)38-36-34-32-30-28-26-24-22-20-18-16-14-12-10-8-6-4-2/h11,13,17-20,43-44,47-48H,3-10,12,14-16,21-42H2,1-2H3,(H,51,52)/b13-11-,19-17-,20-18-/t43-,44+/m0/s1. The Kier molecular flexibility index (Phi) is 41.0. The molecule has 0 aliphatic rings. The van der Waals surface area contributed by atoms with E-state index in [1.54, 1.807) is 0 Å². The van der Waals surface area contributed by atoms with Gasteiger partial charge >= 0.3 is 19.8 Å². The second kappa shape index (κ2) is 42.3. The molecule has 0 radical (unpaired) electrons. The molecule has 0 spiro atoms. The Morgan fingerprint density at radius 3 is 1.40 bits per heavy atom. The number of allylic oxidation sites excluding steroid dienone is 6. The van der Waals surface area contributed by atoms with Crippen molar-refractivity contribution in [2.45, 2.75) is 219 Å². The van der Waals surface area contributed by atoms with Crippen LogP contribution < -0.4 is 0 Å². The van der Waals surface area contributed by atoms with Crippen LogP contribution in [0.15, 0.2) is 36.5 Å². The first-order valence-corrected chi connectivity index (χ1v) is 24.4. The molecule has 334 valence electrons. The molecular weight excluding hydrogens is 743 g/mol. The van der Waals surface area contributed by atoms with Gasteiger partial charge in [0.15, 0.2) is 6.10 Å². The van der Waals surface area contributed by atoms with E-state index in [0.29, 0.717) is 12.8 Å². The summed E-state index contributed by atoms with van der Waals surface area (Å²) < 4.78 is 32.8. The van der Waals surface area contributed by atoms with Gasteiger partial charge in [0, 0.05) is 12.8 Å². The fraction of sp³-hybridized carbons (Fsp3) is 0.826. The van der Waals surface area contributed by atoms with Gasteiger partial charge in [0.1, 0.15) is 12.7 Å². The number of rotatable bonds is 43. The lowest BCUT2D eigenvalue weighted by Gasteiger charge is -2.20. The molecule has 0 aromatic rings. The van der Waals surface area contributed by atoms with E-state index in [4.69, 9.17) is 23.6 Å². The molecule has 57 heavy (non-hydrogen) atoms. The van der Waals surface area contributed by atoms with Gasteiger partial charge in [-0.2, -0.15) is 0 Å². The van der Waals surface area contributed by atoms with E-state index >= 15 is 0 Å². The molecule has 1 unspecified atom stereocenters. The number of carbonyl (C=O) groups is 2. The molecule has 0 rings (SSSR count). The lowest BCUT2D eigenvalue weighted by molar-refractivity contribution is -0.161. The highest BCUT2D eigenvalue weighted by atomic mass is 31.2. The number of phosphoric ester groups is 1. The van der Waals surface area contributed by atoms with Gasteiger partial charge in [0.2, 0.25) is 0 Å². The minimum Gasteiger partial charge on any atom is -0.462 e. The third-order valence-corrected chi connectivity index (χ3v) is 10.7. The van der Waals surface area contributed by atoms with Gasteiger partial charge in [-0.1, -0.05) is 159 Å². The van der Waals surface area contributed by atoms with Crippen molar-refractivity contribution in [3.63, 3.8) is 0 Å². The zero-order valence-electron chi connectivity index (χ0n) is 36.3. The van der Waals surface area contributed by atoms with Crippen molar-refractivity contribution in [2.75, 3.05) is 26.4 Å². The number of unbranched alkanes of at least 4 members (excludes halogenated alkanes) is 23. The number of phosphoric acid groups is 1. The van der Waals surface area contributed by atoms with E-state index in [-0.39, 0.29) is 19.4 Å². The lowest BCUT2D eigenvalue weighted by Crippen LogP contribution is -2.29. The predicted molar refractivity (Wildman–Crippen MR) is 233 cm³/mol. The summed E-state index contributed by atoms with van der Waals surface area (Å²) in [7, 11) is -4.62. The second-order valence-corrected chi connectivity index (χ2v) is 16.9. The third-order valence-electron chi connectivity index (χ3n) is 9.77. The van der Waals surface area contributed by atoms with Crippen molar-refractivity contribution >= 4 is 19.8 Å².